The molecule has 2 heterocycles. The highest BCUT2D eigenvalue weighted by Gasteiger charge is 2.26. The highest BCUT2D eigenvalue weighted by atomic mass is 16.6. The van der Waals surface area contributed by atoms with Crippen LogP contribution in [0.25, 0.3) is 0 Å². The molecule has 7 nitrogen and oxygen atoms in total. The van der Waals surface area contributed by atoms with Crippen LogP contribution in [-0.4, -0.2) is 41.3 Å². The van der Waals surface area contributed by atoms with Gasteiger partial charge in [0.05, 0.1) is 4.92 Å². The number of rotatable bonds is 6. The second-order valence-electron chi connectivity index (χ2n) is 5.34. The Morgan fingerprint density at radius 1 is 1.48 bits per heavy atom. The van der Waals surface area contributed by atoms with Crippen molar-refractivity contribution < 1.29 is 10.0 Å². The molecule has 21 heavy (non-hydrogen) atoms. The Hall–Kier alpha value is -1.89. The van der Waals surface area contributed by atoms with Crippen LogP contribution in [0, 0.1) is 16.0 Å². The molecule has 0 amide bonds. The van der Waals surface area contributed by atoms with Crippen molar-refractivity contribution in [3.8, 4) is 0 Å². The van der Waals surface area contributed by atoms with Crippen molar-refractivity contribution in [1.29, 1.82) is 0 Å². The molecule has 0 spiro atoms. The van der Waals surface area contributed by atoms with Crippen molar-refractivity contribution in [1.82, 2.24) is 4.98 Å². The van der Waals surface area contributed by atoms with Crippen LogP contribution in [0.15, 0.2) is 12.1 Å². The van der Waals surface area contributed by atoms with E-state index in [0.29, 0.717) is 30.6 Å². The summed E-state index contributed by atoms with van der Waals surface area (Å²) in [5, 5.41) is 23.5. The lowest BCUT2D eigenvalue weighted by Gasteiger charge is -2.31. The number of aromatic nitrogens is 1. The summed E-state index contributed by atoms with van der Waals surface area (Å²) in [4.78, 5) is 17.2. The van der Waals surface area contributed by atoms with Gasteiger partial charge in [-0.1, -0.05) is 6.92 Å². The van der Waals surface area contributed by atoms with Gasteiger partial charge in [-0.3, -0.25) is 10.1 Å². The summed E-state index contributed by atoms with van der Waals surface area (Å²) < 4.78 is 0. The summed E-state index contributed by atoms with van der Waals surface area (Å²) in [7, 11) is 0. The van der Waals surface area contributed by atoms with E-state index in [1.54, 1.807) is 6.07 Å². The summed E-state index contributed by atoms with van der Waals surface area (Å²) in [6, 6.07) is 3.16. The molecule has 0 radical (unpaired) electrons. The van der Waals surface area contributed by atoms with Gasteiger partial charge in [0.25, 0.3) is 0 Å². The van der Waals surface area contributed by atoms with Crippen molar-refractivity contribution >= 4 is 17.3 Å². The van der Waals surface area contributed by atoms with Crippen LogP contribution in [0.3, 0.4) is 0 Å². The molecule has 0 atom stereocenters. The fourth-order valence-electron chi connectivity index (χ4n) is 2.50. The van der Waals surface area contributed by atoms with Crippen LogP contribution in [-0.2, 0) is 0 Å². The zero-order valence-corrected chi connectivity index (χ0v) is 12.3. The molecule has 1 saturated heterocycles. The first-order valence-electron chi connectivity index (χ1n) is 7.40. The number of hydrogen-bond donors (Lipinski definition) is 2. The van der Waals surface area contributed by atoms with Crippen LogP contribution in [0.5, 0.6) is 0 Å². The maximum Gasteiger partial charge on any atom is 0.311 e. The molecule has 116 valence electrons. The highest BCUT2D eigenvalue weighted by molar-refractivity contribution is 5.62. The zero-order chi connectivity index (χ0) is 15.2. The maximum atomic E-state index is 11.2. The molecule has 0 saturated carbocycles. The molecule has 1 fully saturated rings. The van der Waals surface area contributed by atoms with Crippen molar-refractivity contribution in [3.63, 3.8) is 0 Å². The lowest BCUT2D eigenvalue weighted by atomic mass is 9.98. The van der Waals surface area contributed by atoms with E-state index in [9.17, 15) is 15.2 Å². The molecule has 1 aromatic rings. The molecule has 2 rings (SSSR count). The smallest absolute Gasteiger partial charge is 0.311 e. The van der Waals surface area contributed by atoms with Crippen LogP contribution >= 0.6 is 0 Å². The Morgan fingerprint density at radius 2 is 2.19 bits per heavy atom. The van der Waals surface area contributed by atoms with Gasteiger partial charge < -0.3 is 15.3 Å². The first kappa shape index (κ1) is 15.5. The van der Waals surface area contributed by atoms with Gasteiger partial charge in [-0.05, 0) is 31.2 Å². The molecular formula is C14H22N4O3. The number of nitrogens with zero attached hydrogens (tertiary/aromatic N) is 3. The predicted octanol–water partition coefficient (Wildman–Crippen LogP) is 2.02. The zero-order valence-electron chi connectivity index (χ0n) is 12.3. The number of nitro groups is 1. The Bertz CT molecular complexity index is 487. The second kappa shape index (κ2) is 7.21. The number of aliphatic hydroxyl groups excluding tert-OH is 1. The van der Waals surface area contributed by atoms with Crippen molar-refractivity contribution in [2.45, 2.75) is 26.2 Å². The van der Waals surface area contributed by atoms with E-state index >= 15 is 0 Å². The number of nitrogens with one attached hydrogen (secondary N) is 1. The van der Waals surface area contributed by atoms with Crippen LogP contribution in [0.2, 0.25) is 0 Å². The Labute approximate surface area is 124 Å². The standard InChI is InChI=1S/C14H22N4O3/c1-2-7-15-13-4-3-12(18(20)21)14(16-13)17-8-5-11(10-19)6-9-17/h3-4,11,19H,2,5-10H2,1H3,(H,15,16). The van der Waals surface area contributed by atoms with Gasteiger partial charge in [0.1, 0.15) is 5.82 Å². The average Bonchev–Trinajstić information content (AvgIpc) is 2.52. The lowest BCUT2D eigenvalue weighted by Crippen LogP contribution is -2.35. The molecule has 1 aliphatic rings. The molecule has 0 unspecified atom stereocenters. The van der Waals surface area contributed by atoms with E-state index in [1.165, 1.54) is 6.07 Å². The fraction of sp³-hybridized carbons (Fsp3) is 0.643. The topological polar surface area (TPSA) is 91.5 Å². The number of aliphatic hydroxyl groups is 1. The van der Waals surface area contributed by atoms with E-state index in [2.05, 4.69) is 17.2 Å². The van der Waals surface area contributed by atoms with Gasteiger partial charge in [0.2, 0.25) is 5.82 Å². The quantitative estimate of drug-likeness (QED) is 0.616. The van der Waals surface area contributed by atoms with E-state index in [4.69, 9.17) is 0 Å². The highest BCUT2D eigenvalue weighted by Crippen LogP contribution is 2.30. The normalized spacial score (nSPS) is 16.0. The third kappa shape index (κ3) is 3.81. The third-order valence-corrected chi connectivity index (χ3v) is 3.78. The van der Waals surface area contributed by atoms with Gasteiger partial charge >= 0.3 is 5.69 Å². The average molecular weight is 294 g/mol. The minimum absolute atomic E-state index is 0.0412. The minimum Gasteiger partial charge on any atom is -0.396 e. The Balaban J connectivity index is 2.20. The van der Waals surface area contributed by atoms with Crippen LogP contribution in [0.1, 0.15) is 26.2 Å². The van der Waals surface area contributed by atoms with E-state index < -0.39 is 0 Å². The van der Waals surface area contributed by atoms with Gasteiger partial charge in [-0.2, -0.15) is 0 Å². The summed E-state index contributed by atoms with van der Waals surface area (Å²) in [5.41, 5.74) is 0.0412. The van der Waals surface area contributed by atoms with Gasteiger partial charge in [0.15, 0.2) is 0 Å². The summed E-state index contributed by atoms with van der Waals surface area (Å²) in [5.74, 6) is 1.39. The van der Waals surface area contributed by atoms with Crippen molar-refractivity contribution in [2.24, 2.45) is 5.92 Å². The number of pyridine rings is 1. The third-order valence-electron chi connectivity index (χ3n) is 3.78. The largest absolute Gasteiger partial charge is 0.396 e. The molecule has 1 aliphatic heterocycles. The van der Waals surface area contributed by atoms with Gasteiger partial charge in [-0.15, -0.1) is 0 Å². The number of hydrogen-bond acceptors (Lipinski definition) is 6. The first-order chi connectivity index (χ1) is 10.2. The monoisotopic (exact) mass is 294 g/mol. The Kier molecular flexibility index (Phi) is 5.32. The molecule has 0 aliphatic carbocycles. The van der Waals surface area contributed by atoms with Crippen molar-refractivity contribution in [2.75, 3.05) is 36.5 Å². The van der Waals surface area contributed by atoms with Gasteiger partial charge in [0, 0.05) is 32.3 Å². The lowest BCUT2D eigenvalue weighted by molar-refractivity contribution is -0.384. The Morgan fingerprint density at radius 3 is 2.76 bits per heavy atom. The molecule has 0 aromatic carbocycles. The summed E-state index contributed by atoms with van der Waals surface area (Å²) in [6.45, 7) is 4.41. The van der Waals surface area contributed by atoms with Crippen LogP contribution in [0.4, 0.5) is 17.3 Å². The number of anilines is 2. The number of piperidine rings is 1. The van der Waals surface area contributed by atoms with E-state index in [0.717, 1.165) is 25.8 Å². The van der Waals surface area contributed by atoms with Gasteiger partial charge in [-0.25, -0.2) is 4.98 Å². The summed E-state index contributed by atoms with van der Waals surface area (Å²) >= 11 is 0. The minimum atomic E-state index is -0.385. The first-order valence-corrected chi connectivity index (χ1v) is 7.40. The van der Waals surface area contributed by atoms with E-state index in [1.807, 2.05) is 4.90 Å². The molecule has 7 heteroatoms. The van der Waals surface area contributed by atoms with E-state index in [-0.39, 0.29) is 17.2 Å². The molecule has 1 aromatic heterocycles. The van der Waals surface area contributed by atoms with Crippen molar-refractivity contribution in [3.05, 3.63) is 22.2 Å². The summed E-state index contributed by atoms with van der Waals surface area (Å²) in [6.07, 6.45) is 2.64. The predicted molar refractivity (Wildman–Crippen MR) is 81.7 cm³/mol. The SMILES string of the molecule is CCCNc1ccc([N+](=O)[O-])c(N2CCC(CO)CC2)n1. The maximum absolute atomic E-state index is 11.2. The molecule has 2 N–H and O–H groups in total. The fourth-order valence-corrected chi connectivity index (χ4v) is 2.50. The molecular weight excluding hydrogens is 272 g/mol. The molecule has 0 bridgehead atoms. The second-order valence-corrected chi connectivity index (χ2v) is 5.34. The van der Waals surface area contributed by atoms with Crippen LogP contribution < -0.4 is 10.2 Å².